The number of carbonyl (C=O) groups excluding carboxylic acids is 1. The van der Waals surface area contributed by atoms with Gasteiger partial charge in [0.25, 0.3) is 0 Å². The zero-order valence-corrected chi connectivity index (χ0v) is 14.6. The lowest BCUT2D eigenvalue weighted by Gasteiger charge is -2.26. The van der Waals surface area contributed by atoms with Gasteiger partial charge in [0.2, 0.25) is 5.91 Å². The van der Waals surface area contributed by atoms with Crippen molar-refractivity contribution in [2.75, 3.05) is 5.75 Å². The Morgan fingerprint density at radius 1 is 1.46 bits per heavy atom. The summed E-state index contributed by atoms with van der Waals surface area (Å²) in [6.07, 6.45) is 3.98. The number of benzene rings is 1. The number of aryl methyl sites for hydroxylation is 1. The minimum Gasteiger partial charge on any atom is -0.349 e. The molecule has 6 nitrogen and oxygen atoms in total. The highest BCUT2D eigenvalue weighted by atomic mass is 32.2. The summed E-state index contributed by atoms with van der Waals surface area (Å²) in [7, 11) is 0. The van der Waals surface area contributed by atoms with E-state index >= 15 is 0 Å². The zero-order valence-electron chi connectivity index (χ0n) is 13.7. The van der Waals surface area contributed by atoms with Crippen LogP contribution in [0.5, 0.6) is 0 Å². The van der Waals surface area contributed by atoms with Gasteiger partial charge in [0, 0.05) is 6.54 Å². The van der Waals surface area contributed by atoms with E-state index in [-0.39, 0.29) is 23.4 Å². The number of fused-ring (bicyclic) bond motifs is 1. The molecule has 1 aliphatic rings. The van der Waals surface area contributed by atoms with Crippen molar-refractivity contribution in [1.29, 1.82) is 0 Å². The monoisotopic (exact) mass is 346 g/mol. The van der Waals surface area contributed by atoms with E-state index in [1.165, 1.54) is 22.9 Å². The number of thioether (sulfide) groups is 1. The summed E-state index contributed by atoms with van der Waals surface area (Å²) in [4.78, 5) is 24.0. The Labute approximate surface area is 145 Å². The fourth-order valence-corrected chi connectivity index (χ4v) is 3.89. The number of amides is 1. The predicted molar refractivity (Wildman–Crippen MR) is 94.1 cm³/mol. The van der Waals surface area contributed by atoms with Crippen LogP contribution in [0.1, 0.15) is 43.4 Å². The van der Waals surface area contributed by atoms with Crippen molar-refractivity contribution >= 4 is 17.7 Å². The molecule has 0 bridgehead atoms. The highest BCUT2D eigenvalue weighted by Gasteiger charge is 2.21. The van der Waals surface area contributed by atoms with E-state index in [1.54, 1.807) is 4.57 Å². The number of nitrogens with zero attached hydrogens (tertiary/aromatic N) is 2. The first-order valence-corrected chi connectivity index (χ1v) is 9.32. The van der Waals surface area contributed by atoms with E-state index in [1.807, 2.05) is 19.1 Å². The fourth-order valence-electron chi connectivity index (χ4n) is 3.10. The molecule has 7 heteroatoms. The lowest BCUT2D eigenvalue weighted by molar-refractivity contribution is -0.119. The minimum absolute atomic E-state index is 0.0276. The third-order valence-corrected chi connectivity index (χ3v) is 5.18. The first-order chi connectivity index (χ1) is 11.7. The molecule has 1 aromatic carbocycles. The maximum atomic E-state index is 12.3. The molecule has 0 saturated heterocycles. The van der Waals surface area contributed by atoms with E-state index < -0.39 is 0 Å². The van der Waals surface area contributed by atoms with Gasteiger partial charge in [0.1, 0.15) is 0 Å². The number of H-pyrrole nitrogens is 1. The summed E-state index contributed by atoms with van der Waals surface area (Å²) in [5.41, 5.74) is 2.33. The van der Waals surface area contributed by atoms with Crippen molar-refractivity contribution in [2.45, 2.75) is 50.4 Å². The highest BCUT2D eigenvalue weighted by Crippen LogP contribution is 2.29. The molecule has 0 fully saturated rings. The van der Waals surface area contributed by atoms with E-state index in [2.05, 4.69) is 27.6 Å². The highest BCUT2D eigenvalue weighted by molar-refractivity contribution is 7.99. The number of nitrogens with one attached hydrogen (secondary N) is 2. The van der Waals surface area contributed by atoms with Crippen molar-refractivity contribution in [3.8, 4) is 0 Å². The van der Waals surface area contributed by atoms with Gasteiger partial charge in [0.05, 0.1) is 11.8 Å². The van der Waals surface area contributed by atoms with Crippen LogP contribution in [0.25, 0.3) is 0 Å². The maximum absolute atomic E-state index is 12.3. The molecule has 0 aliphatic heterocycles. The SMILES string of the molecule is CCCn1c(SCC(=O)N[C@H]2CCCc3ccccc32)n[nH]c1=O. The Hall–Kier alpha value is -2.02. The third kappa shape index (κ3) is 3.72. The summed E-state index contributed by atoms with van der Waals surface area (Å²) >= 11 is 1.29. The molecule has 0 unspecified atom stereocenters. The largest absolute Gasteiger partial charge is 0.349 e. The second kappa shape index (κ2) is 7.70. The molecule has 2 aromatic rings. The van der Waals surface area contributed by atoms with Crippen LogP contribution in [-0.2, 0) is 17.8 Å². The summed E-state index contributed by atoms with van der Waals surface area (Å²) < 4.78 is 1.58. The van der Waals surface area contributed by atoms with Gasteiger partial charge < -0.3 is 5.32 Å². The van der Waals surface area contributed by atoms with Gasteiger partial charge in [-0.15, -0.1) is 5.10 Å². The summed E-state index contributed by atoms with van der Waals surface area (Å²) in [5, 5.41) is 10.1. The van der Waals surface area contributed by atoms with Crippen LogP contribution in [-0.4, -0.2) is 26.4 Å². The maximum Gasteiger partial charge on any atom is 0.343 e. The zero-order chi connectivity index (χ0) is 16.9. The molecule has 0 saturated carbocycles. The van der Waals surface area contributed by atoms with Crippen LogP contribution in [0, 0.1) is 0 Å². The average molecular weight is 346 g/mol. The Bertz CT molecular complexity index is 768. The fraction of sp³-hybridized carbons (Fsp3) is 0.471. The van der Waals surface area contributed by atoms with Crippen molar-refractivity contribution in [1.82, 2.24) is 20.1 Å². The molecular formula is C17H22N4O2S. The smallest absolute Gasteiger partial charge is 0.343 e. The molecule has 1 atom stereocenters. The number of carbonyl (C=O) groups is 1. The van der Waals surface area contributed by atoms with Crippen molar-refractivity contribution in [2.24, 2.45) is 0 Å². The van der Waals surface area contributed by atoms with Gasteiger partial charge in [0.15, 0.2) is 5.16 Å². The molecule has 128 valence electrons. The Morgan fingerprint density at radius 3 is 3.12 bits per heavy atom. The van der Waals surface area contributed by atoms with E-state index in [9.17, 15) is 9.59 Å². The number of hydrogen-bond acceptors (Lipinski definition) is 4. The molecule has 2 N–H and O–H groups in total. The second-order valence-electron chi connectivity index (χ2n) is 5.96. The minimum atomic E-state index is -0.221. The Balaban J connectivity index is 1.60. The standard InChI is InChI=1S/C17H22N4O2S/c1-2-10-21-16(23)19-20-17(21)24-11-15(22)18-14-9-5-7-12-6-3-4-8-13(12)14/h3-4,6,8,14H,2,5,7,9-11H2,1H3,(H,18,22)(H,19,23)/t14-/m0/s1. The van der Waals surface area contributed by atoms with E-state index in [0.717, 1.165) is 25.7 Å². The summed E-state index contributed by atoms with van der Waals surface area (Å²) in [6.45, 7) is 2.61. The quantitative estimate of drug-likeness (QED) is 0.787. The average Bonchev–Trinajstić information content (AvgIpc) is 2.94. The summed E-state index contributed by atoms with van der Waals surface area (Å²) in [6, 6.07) is 8.38. The first-order valence-electron chi connectivity index (χ1n) is 8.34. The molecule has 1 amide bonds. The Morgan fingerprint density at radius 2 is 2.29 bits per heavy atom. The van der Waals surface area contributed by atoms with Gasteiger partial charge in [-0.25, -0.2) is 9.89 Å². The predicted octanol–water partition coefficient (Wildman–Crippen LogP) is 2.27. The third-order valence-electron chi connectivity index (χ3n) is 4.21. The topological polar surface area (TPSA) is 79.8 Å². The lowest BCUT2D eigenvalue weighted by Crippen LogP contribution is -2.32. The molecule has 0 spiro atoms. The molecular weight excluding hydrogens is 324 g/mol. The van der Waals surface area contributed by atoms with Crippen LogP contribution in [0.15, 0.2) is 34.2 Å². The molecule has 0 radical (unpaired) electrons. The number of hydrogen-bond donors (Lipinski definition) is 2. The number of aromatic nitrogens is 3. The van der Waals surface area contributed by atoms with E-state index in [4.69, 9.17) is 0 Å². The van der Waals surface area contributed by atoms with Gasteiger partial charge in [-0.3, -0.25) is 9.36 Å². The molecule has 24 heavy (non-hydrogen) atoms. The molecule has 1 aliphatic carbocycles. The van der Waals surface area contributed by atoms with Crippen molar-refractivity contribution in [3.63, 3.8) is 0 Å². The molecule has 1 aromatic heterocycles. The van der Waals surface area contributed by atoms with E-state index in [0.29, 0.717) is 11.7 Å². The molecule has 3 rings (SSSR count). The van der Waals surface area contributed by atoms with Crippen LogP contribution in [0.2, 0.25) is 0 Å². The van der Waals surface area contributed by atoms with Crippen LogP contribution in [0.3, 0.4) is 0 Å². The lowest BCUT2D eigenvalue weighted by atomic mass is 9.88. The first kappa shape index (κ1) is 16.8. The Kier molecular flexibility index (Phi) is 5.40. The van der Waals surface area contributed by atoms with Gasteiger partial charge in [-0.2, -0.15) is 0 Å². The normalized spacial score (nSPS) is 16.6. The van der Waals surface area contributed by atoms with Crippen LogP contribution >= 0.6 is 11.8 Å². The van der Waals surface area contributed by atoms with Crippen molar-refractivity contribution < 1.29 is 4.79 Å². The number of rotatable bonds is 6. The second-order valence-corrected chi connectivity index (χ2v) is 6.91. The molecule has 1 heterocycles. The van der Waals surface area contributed by atoms with Gasteiger partial charge in [-0.1, -0.05) is 43.0 Å². The van der Waals surface area contributed by atoms with Gasteiger partial charge >= 0.3 is 5.69 Å². The number of aromatic amines is 1. The van der Waals surface area contributed by atoms with Gasteiger partial charge in [-0.05, 0) is 36.8 Å². The summed E-state index contributed by atoms with van der Waals surface area (Å²) in [5.74, 6) is 0.229. The van der Waals surface area contributed by atoms with Crippen molar-refractivity contribution in [3.05, 3.63) is 45.9 Å². The van der Waals surface area contributed by atoms with Crippen LogP contribution < -0.4 is 11.0 Å². The van der Waals surface area contributed by atoms with Crippen LogP contribution in [0.4, 0.5) is 0 Å².